The second-order valence-corrected chi connectivity index (χ2v) is 7.04. The van der Waals surface area contributed by atoms with Crippen molar-refractivity contribution in [2.45, 2.75) is 20.0 Å². The van der Waals surface area contributed by atoms with Crippen LogP contribution in [0.4, 0.5) is 11.6 Å². The molecule has 0 radical (unpaired) electrons. The first kappa shape index (κ1) is 16.9. The molecule has 28 heavy (non-hydrogen) atoms. The number of aliphatic hydroxyl groups is 1. The van der Waals surface area contributed by atoms with E-state index in [1.54, 1.807) is 6.20 Å². The second kappa shape index (κ2) is 6.70. The lowest BCUT2D eigenvalue weighted by atomic mass is 10.0. The number of hydrogen-bond acceptors (Lipinski definition) is 6. The third-order valence-electron chi connectivity index (χ3n) is 5.02. The summed E-state index contributed by atoms with van der Waals surface area (Å²) < 4.78 is 1.85. The van der Waals surface area contributed by atoms with E-state index in [9.17, 15) is 5.11 Å². The predicted molar refractivity (Wildman–Crippen MR) is 107 cm³/mol. The van der Waals surface area contributed by atoms with Crippen molar-refractivity contribution < 1.29 is 5.11 Å². The predicted octanol–water partition coefficient (Wildman–Crippen LogP) is 3.11. The summed E-state index contributed by atoms with van der Waals surface area (Å²) in [4.78, 5) is 10.9. The summed E-state index contributed by atoms with van der Waals surface area (Å²) in [7, 11) is 0. The van der Waals surface area contributed by atoms with Gasteiger partial charge in [-0.1, -0.05) is 18.2 Å². The minimum atomic E-state index is 0.0750. The molecule has 4 aromatic rings. The highest BCUT2D eigenvalue weighted by Crippen LogP contribution is 2.28. The van der Waals surface area contributed by atoms with Crippen molar-refractivity contribution in [3.8, 4) is 11.3 Å². The lowest BCUT2D eigenvalue weighted by Crippen LogP contribution is -2.16. The summed E-state index contributed by atoms with van der Waals surface area (Å²) in [5.41, 5.74) is 7.16. The van der Waals surface area contributed by atoms with Crippen LogP contribution in [0.25, 0.3) is 16.9 Å². The molecule has 1 aromatic carbocycles. The molecule has 0 saturated carbocycles. The van der Waals surface area contributed by atoms with Crippen LogP contribution in [-0.2, 0) is 13.1 Å². The van der Waals surface area contributed by atoms with Crippen LogP contribution in [0.5, 0.6) is 0 Å². The number of fused-ring (bicyclic) bond motifs is 2. The number of hydrogen-bond donors (Lipinski definition) is 2. The van der Waals surface area contributed by atoms with Crippen molar-refractivity contribution in [2.75, 3.05) is 12.0 Å². The van der Waals surface area contributed by atoms with E-state index in [2.05, 4.69) is 38.6 Å². The molecule has 4 heterocycles. The molecule has 1 aliphatic heterocycles. The van der Waals surface area contributed by atoms with Crippen molar-refractivity contribution in [1.29, 1.82) is 0 Å². The van der Waals surface area contributed by atoms with Crippen LogP contribution in [0.3, 0.4) is 0 Å². The van der Waals surface area contributed by atoms with Gasteiger partial charge in [-0.2, -0.15) is 4.98 Å². The Kier molecular flexibility index (Phi) is 4.03. The first-order chi connectivity index (χ1) is 13.7. The molecule has 5 rings (SSSR count). The monoisotopic (exact) mass is 372 g/mol. The van der Waals surface area contributed by atoms with E-state index in [0.29, 0.717) is 5.95 Å². The van der Waals surface area contributed by atoms with Gasteiger partial charge in [0.2, 0.25) is 5.95 Å². The Morgan fingerprint density at radius 3 is 2.79 bits per heavy atom. The van der Waals surface area contributed by atoms with Gasteiger partial charge in [-0.05, 0) is 48.4 Å². The highest BCUT2D eigenvalue weighted by molar-refractivity contribution is 5.66. The highest BCUT2D eigenvalue weighted by Gasteiger charge is 2.19. The molecular weight excluding hydrogens is 352 g/mol. The smallest absolute Gasteiger partial charge is 0.247 e. The van der Waals surface area contributed by atoms with Gasteiger partial charge in [-0.3, -0.25) is 9.88 Å². The molecule has 0 atom stereocenters. The van der Waals surface area contributed by atoms with Gasteiger partial charge < -0.3 is 10.4 Å². The van der Waals surface area contributed by atoms with Crippen LogP contribution in [-0.4, -0.2) is 36.3 Å². The fourth-order valence-electron chi connectivity index (χ4n) is 3.57. The van der Waals surface area contributed by atoms with Gasteiger partial charge >= 0.3 is 0 Å². The highest BCUT2D eigenvalue weighted by atomic mass is 16.3. The maximum atomic E-state index is 9.40. The van der Waals surface area contributed by atoms with Crippen molar-refractivity contribution in [1.82, 2.24) is 24.5 Å². The number of pyridine rings is 2. The zero-order valence-electron chi connectivity index (χ0n) is 15.5. The molecule has 7 heteroatoms. The Bertz CT molecular complexity index is 1150. The third-order valence-corrected chi connectivity index (χ3v) is 5.02. The Morgan fingerprint density at radius 1 is 1.07 bits per heavy atom. The van der Waals surface area contributed by atoms with E-state index in [1.165, 1.54) is 11.1 Å². The lowest BCUT2D eigenvalue weighted by Gasteiger charge is -2.08. The standard InChI is InChI=1S/C21H20N6O/c1-14-5-8-18(10-22-14)23-21-24-20-4-2-3-19(27(20)25-21)15-6-7-16-11-26(13-28)12-17(16)9-15/h2-10,28H,11-13H2,1H3,(H,23,25). The summed E-state index contributed by atoms with van der Waals surface area (Å²) in [6, 6.07) is 16.3. The summed E-state index contributed by atoms with van der Waals surface area (Å²) >= 11 is 0. The van der Waals surface area contributed by atoms with Crippen LogP contribution >= 0.6 is 0 Å². The number of rotatable bonds is 4. The van der Waals surface area contributed by atoms with Crippen LogP contribution in [0.1, 0.15) is 16.8 Å². The molecule has 2 N–H and O–H groups in total. The molecule has 0 aliphatic carbocycles. The molecule has 0 spiro atoms. The van der Waals surface area contributed by atoms with Crippen molar-refractivity contribution in [3.63, 3.8) is 0 Å². The number of aliphatic hydroxyl groups excluding tert-OH is 1. The number of nitrogens with one attached hydrogen (secondary N) is 1. The normalized spacial score (nSPS) is 13.8. The second-order valence-electron chi connectivity index (χ2n) is 7.04. The molecule has 140 valence electrons. The first-order valence-corrected chi connectivity index (χ1v) is 9.20. The van der Waals surface area contributed by atoms with Gasteiger partial charge in [0.25, 0.3) is 0 Å². The van der Waals surface area contributed by atoms with E-state index in [-0.39, 0.29) is 6.73 Å². The van der Waals surface area contributed by atoms with E-state index in [1.807, 2.05) is 46.7 Å². The zero-order chi connectivity index (χ0) is 19.1. The maximum absolute atomic E-state index is 9.40. The van der Waals surface area contributed by atoms with Crippen molar-refractivity contribution >= 4 is 17.3 Å². The molecule has 0 fully saturated rings. The number of aromatic nitrogens is 4. The SMILES string of the molecule is Cc1ccc(Nc2nc3cccc(-c4ccc5c(c4)CN(CO)C5)n3n2)cn1. The molecule has 1 aliphatic rings. The van der Waals surface area contributed by atoms with Gasteiger partial charge in [0.05, 0.1) is 24.3 Å². The average molecular weight is 372 g/mol. The molecule has 0 saturated heterocycles. The molecule has 0 unspecified atom stereocenters. The quantitative estimate of drug-likeness (QED) is 0.573. The number of benzene rings is 1. The Morgan fingerprint density at radius 2 is 1.96 bits per heavy atom. The third kappa shape index (κ3) is 3.00. The molecule has 0 amide bonds. The molecule has 7 nitrogen and oxygen atoms in total. The van der Waals surface area contributed by atoms with Crippen molar-refractivity contribution in [2.24, 2.45) is 0 Å². The molecule has 0 bridgehead atoms. The van der Waals surface area contributed by atoms with E-state index in [4.69, 9.17) is 0 Å². The van der Waals surface area contributed by atoms with E-state index >= 15 is 0 Å². The van der Waals surface area contributed by atoms with Crippen LogP contribution in [0.2, 0.25) is 0 Å². The Hall–Kier alpha value is -3.29. The minimum absolute atomic E-state index is 0.0750. The zero-order valence-corrected chi connectivity index (χ0v) is 15.5. The van der Waals surface area contributed by atoms with Gasteiger partial charge in [0.15, 0.2) is 5.65 Å². The van der Waals surface area contributed by atoms with Crippen LogP contribution in [0, 0.1) is 6.92 Å². The molecular formula is C21H20N6O. The van der Waals surface area contributed by atoms with Crippen LogP contribution in [0.15, 0.2) is 54.7 Å². The number of anilines is 2. The number of nitrogens with zero attached hydrogens (tertiary/aromatic N) is 5. The fourth-order valence-corrected chi connectivity index (χ4v) is 3.57. The van der Waals surface area contributed by atoms with E-state index in [0.717, 1.165) is 41.4 Å². The Labute approximate surface area is 162 Å². The average Bonchev–Trinajstić information content (AvgIpc) is 3.31. The van der Waals surface area contributed by atoms with Crippen molar-refractivity contribution in [3.05, 3.63) is 71.5 Å². The van der Waals surface area contributed by atoms with Gasteiger partial charge in [-0.25, -0.2) is 4.52 Å². The fraction of sp³-hybridized carbons (Fsp3) is 0.190. The largest absolute Gasteiger partial charge is 0.381 e. The first-order valence-electron chi connectivity index (χ1n) is 9.20. The maximum Gasteiger partial charge on any atom is 0.247 e. The topological polar surface area (TPSA) is 78.6 Å². The van der Waals surface area contributed by atoms with Gasteiger partial charge in [0, 0.05) is 24.3 Å². The Balaban J connectivity index is 1.51. The van der Waals surface area contributed by atoms with Gasteiger partial charge in [0.1, 0.15) is 0 Å². The number of aryl methyl sites for hydroxylation is 1. The summed E-state index contributed by atoms with van der Waals surface area (Å²) in [6.45, 7) is 3.58. The lowest BCUT2D eigenvalue weighted by molar-refractivity contribution is 0.106. The minimum Gasteiger partial charge on any atom is -0.381 e. The summed E-state index contributed by atoms with van der Waals surface area (Å²) in [5, 5.41) is 17.3. The van der Waals surface area contributed by atoms with E-state index < -0.39 is 0 Å². The van der Waals surface area contributed by atoms with Crippen LogP contribution < -0.4 is 5.32 Å². The summed E-state index contributed by atoms with van der Waals surface area (Å²) in [5.74, 6) is 0.533. The summed E-state index contributed by atoms with van der Waals surface area (Å²) in [6.07, 6.45) is 1.77. The van der Waals surface area contributed by atoms with Gasteiger partial charge in [-0.15, -0.1) is 5.10 Å². The molecule has 3 aromatic heterocycles.